The third kappa shape index (κ3) is 5.14. The Labute approximate surface area is 191 Å². The molecule has 3 aromatic carbocycles. The van der Waals surface area contributed by atoms with Gasteiger partial charge < -0.3 is 10.2 Å². The molecule has 2 amide bonds. The van der Waals surface area contributed by atoms with E-state index in [1.165, 1.54) is 0 Å². The first-order chi connectivity index (χ1) is 15.2. The molecule has 1 aliphatic heterocycles. The molecule has 0 aliphatic carbocycles. The third-order valence-electron chi connectivity index (χ3n) is 5.06. The van der Waals surface area contributed by atoms with Crippen molar-refractivity contribution in [3.63, 3.8) is 0 Å². The zero-order chi connectivity index (χ0) is 21.6. The van der Waals surface area contributed by atoms with Crippen molar-refractivity contribution in [2.75, 3.05) is 16.8 Å². The van der Waals surface area contributed by atoms with Gasteiger partial charge in [0.2, 0.25) is 5.91 Å². The summed E-state index contributed by atoms with van der Waals surface area (Å²) in [6.45, 7) is 2.68. The Bertz CT molecular complexity index is 1050. The van der Waals surface area contributed by atoms with Gasteiger partial charge >= 0.3 is 0 Å². The fourth-order valence-electron chi connectivity index (χ4n) is 3.53. The highest BCUT2D eigenvalue weighted by Crippen LogP contribution is 2.39. The number of nitrogens with one attached hydrogen (secondary N) is 1. The summed E-state index contributed by atoms with van der Waals surface area (Å²) in [6.07, 6.45) is 0. The van der Waals surface area contributed by atoms with Crippen LogP contribution in [0.3, 0.4) is 0 Å². The molecular formula is C25H24N2O2S2. The Hall–Kier alpha value is -2.70. The number of benzene rings is 3. The van der Waals surface area contributed by atoms with E-state index in [9.17, 15) is 9.59 Å². The maximum absolute atomic E-state index is 12.8. The molecule has 1 saturated heterocycles. The van der Waals surface area contributed by atoms with Crippen LogP contribution >= 0.6 is 23.5 Å². The van der Waals surface area contributed by atoms with Crippen LogP contribution in [0.2, 0.25) is 0 Å². The minimum atomic E-state index is -0.132. The van der Waals surface area contributed by atoms with Crippen molar-refractivity contribution in [2.45, 2.75) is 23.7 Å². The zero-order valence-corrected chi connectivity index (χ0v) is 18.9. The Morgan fingerprint density at radius 2 is 1.74 bits per heavy atom. The molecule has 1 atom stereocenters. The molecule has 1 fully saturated rings. The first kappa shape index (κ1) is 21.5. The normalized spacial score (nSPS) is 15.8. The molecule has 1 aliphatic rings. The van der Waals surface area contributed by atoms with Gasteiger partial charge in [-0.2, -0.15) is 0 Å². The van der Waals surface area contributed by atoms with Gasteiger partial charge in [-0.25, -0.2) is 0 Å². The van der Waals surface area contributed by atoms with Crippen LogP contribution in [0, 0.1) is 0 Å². The highest BCUT2D eigenvalue weighted by molar-refractivity contribution is 8.00. The van der Waals surface area contributed by atoms with Crippen molar-refractivity contribution in [3.05, 3.63) is 95.6 Å². The van der Waals surface area contributed by atoms with E-state index in [2.05, 4.69) is 12.2 Å². The van der Waals surface area contributed by atoms with Crippen molar-refractivity contribution in [1.82, 2.24) is 4.90 Å². The predicted octanol–water partition coefficient (Wildman–Crippen LogP) is 5.83. The second kappa shape index (κ2) is 10.1. The summed E-state index contributed by atoms with van der Waals surface area (Å²) in [5.74, 6) is 1.43. The van der Waals surface area contributed by atoms with E-state index in [0.717, 1.165) is 27.5 Å². The number of para-hydroxylation sites is 1. The van der Waals surface area contributed by atoms with E-state index in [-0.39, 0.29) is 17.2 Å². The first-order valence-corrected chi connectivity index (χ1v) is 12.3. The summed E-state index contributed by atoms with van der Waals surface area (Å²) < 4.78 is 0. The van der Waals surface area contributed by atoms with E-state index in [4.69, 9.17) is 0 Å². The average molecular weight is 449 g/mol. The molecule has 0 spiro atoms. The van der Waals surface area contributed by atoms with E-state index in [0.29, 0.717) is 17.9 Å². The largest absolute Gasteiger partial charge is 0.322 e. The van der Waals surface area contributed by atoms with Crippen LogP contribution in [0.4, 0.5) is 5.69 Å². The van der Waals surface area contributed by atoms with Gasteiger partial charge in [0.25, 0.3) is 5.91 Å². The monoisotopic (exact) mass is 448 g/mol. The minimum absolute atomic E-state index is 0.0357. The number of carbonyl (C=O) groups excluding carboxylic acids is 2. The van der Waals surface area contributed by atoms with Crippen molar-refractivity contribution < 1.29 is 9.59 Å². The molecule has 0 saturated carbocycles. The molecule has 0 radical (unpaired) electrons. The minimum Gasteiger partial charge on any atom is -0.322 e. The molecule has 1 heterocycles. The number of rotatable bonds is 7. The van der Waals surface area contributed by atoms with Gasteiger partial charge in [0.15, 0.2) is 0 Å². The molecule has 1 N–H and O–H groups in total. The highest BCUT2D eigenvalue weighted by atomic mass is 32.2. The Morgan fingerprint density at radius 1 is 1.03 bits per heavy atom. The van der Waals surface area contributed by atoms with E-state index in [1.807, 2.05) is 83.8 Å². The summed E-state index contributed by atoms with van der Waals surface area (Å²) in [6, 6.07) is 25.5. The van der Waals surface area contributed by atoms with Crippen LogP contribution in [-0.4, -0.2) is 28.2 Å². The molecule has 0 aromatic heterocycles. The van der Waals surface area contributed by atoms with Crippen molar-refractivity contribution in [2.24, 2.45) is 0 Å². The van der Waals surface area contributed by atoms with Crippen LogP contribution < -0.4 is 5.32 Å². The number of amides is 2. The van der Waals surface area contributed by atoms with E-state index in [1.54, 1.807) is 23.5 Å². The predicted molar refractivity (Wildman–Crippen MR) is 129 cm³/mol. The van der Waals surface area contributed by atoms with Crippen molar-refractivity contribution in [3.8, 4) is 0 Å². The average Bonchev–Trinajstić information content (AvgIpc) is 3.16. The van der Waals surface area contributed by atoms with Crippen LogP contribution in [0.15, 0.2) is 83.8 Å². The second-order valence-electron chi connectivity index (χ2n) is 7.18. The molecule has 6 heteroatoms. The number of anilines is 1. The van der Waals surface area contributed by atoms with Gasteiger partial charge in [-0.15, -0.1) is 23.5 Å². The SMILES string of the molecule is CCSc1ccccc1NC(=O)c1ccc([C@H]2SCC(=O)N2Cc2ccccc2)cc1. The summed E-state index contributed by atoms with van der Waals surface area (Å²) in [7, 11) is 0. The quantitative estimate of drug-likeness (QED) is 0.462. The number of thioether (sulfide) groups is 2. The van der Waals surface area contributed by atoms with Gasteiger partial charge in [0.05, 0.1) is 11.4 Å². The summed E-state index contributed by atoms with van der Waals surface area (Å²) in [4.78, 5) is 28.2. The fourth-order valence-corrected chi connectivity index (χ4v) is 5.47. The molecule has 0 unspecified atom stereocenters. The second-order valence-corrected chi connectivity index (χ2v) is 9.55. The Kier molecular flexibility index (Phi) is 6.99. The Balaban J connectivity index is 1.47. The van der Waals surface area contributed by atoms with Gasteiger partial charge in [-0.1, -0.05) is 61.5 Å². The van der Waals surface area contributed by atoms with E-state index >= 15 is 0 Å². The summed E-state index contributed by atoms with van der Waals surface area (Å²) in [5.41, 5.74) is 3.58. The summed E-state index contributed by atoms with van der Waals surface area (Å²) in [5, 5.41) is 2.98. The third-order valence-corrected chi connectivity index (χ3v) is 7.27. The number of hydrogen-bond donors (Lipinski definition) is 1. The van der Waals surface area contributed by atoms with Crippen LogP contribution in [0.25, 0.3) is 0 Å². The lowest BCUT2D eigenvalue weighted by molar-refractivity contribution is -0.128. The molecule has 4 rings (SSSR count). The van der Waals surface area contributed by atoms with Crippen molar-refractivity contribution >= 4 is 41.0 Å². The smallest absolute Gasteiger partial charge is 0.255 e. The standard InChI is InChI=1S/C25H24N2O2S2/c1-2-30-22-11-7-6-10-21(22)26-24(29)19-12-14-20(15-13-19)25-27(23(28)17-31-25)16-18-8-4-3-5-9-18/h3-15,25H,2,16-17H2,1H3,(H,26,29)/t25-/m1/s1. The van der Waals surface area contributed by atoms with E-state index < -0.39 is 0 Å². The molecule has 31 heavy (non-hydrogen) atoms. The Morgan fingerprint density at radius 3 is 2.48 bits per heavy atom. The van der Waals surface area contributed by atoms with Gasteiger partial charge in [0, 0.05) is 17.0 Å². The maximum Gasteiger partial charge on any atom is 0.255 e. The molecule has 3 aromatic rings. The molecule has 0 bridgehead atoms. The van der Waals surface area contributed by atoms with Crippen LogP contribution in [0.1, 0.15) is 33.8 Å². The summed E-state index contributed by atoms with van der Waals surface area (Å²) >= 11 is 3.33. The van der Waals surface area contributed by atoms with Gasteiger partial charge in [-0.05, 0) is 41.1 Å². The molecule has 4 nitrogen and oxygen atoms in total. The number of hydrogen-bond acceptors (Lipinski definition) is 4. The fraction of sp³-hybridized carbons (Fsp3) is 0.200. The first-order valence-electron chi connectivity index (χ1n) is 10.2. The lowest BCUT2D eigenvalue weighted by atomic mass is 10.1. The lowest BCUT2D eigenvalue weighted by Crippen LogP contribution is -2.27. The van der Waals surface area contributed by atoms with Crippen LogP contribution in [-0.2, 0) is 11.3 Å². The number of carbonyl (C=O) groups is 2. The molecule has 158 valence electrons. The van der Waals surface area contributed by atoms with Gasteiger partial charge in [-0.3, -0.25) is 9.59 Å². The zero-order valence-electron chi connectivity index (χ0n) is 17.3. The van der Waals surface area contributed by atoms with Crippen LogP contribution in [0.5, 0.6) is 0 Å². The van der Waals surface area contributed by atoms with Crippen molar-refractivity contribution in [1.29, 1.82) is 0 Å². The highest BCUT2D eigenvalue weighted by Gasteiger charge is 2.32. The maximum atomic E-state index is 12.8. The van der Waals surface area contributed by atoms with Gasteiger partial charge in [0.1, 0.15) is 5.37 Å². The number of nitrogens with zero attached hydrogens (tertiary/aromatic N) is 1. The lowest BCUT2D eigenvalue weighted by Gasteiger charge is -2.24. The molecular weight excluding hydrogens is 424 g/mol. The topological polar surface area (TPSA) is 49.4 Å².